The van der Waals surface area contributed by atoms with Gasteiger partial charge in [-0.05, 0) is 24.3 Å². The molecule has 1 saturated heterocycles. The van der Waals surface area contributed by atoms with Crippen molar-refractivity contribution in [3.8, 4) is 5.75 Å². The lowest BCUT2D eigenvalue weighted by molar-refractivity contribution is 0.0663. The molecule has 1 aliphatic rings. The lowest BCUT2D eigenvalue weighted by Crippen LogP contribution is -2.49. The monoisotopic (exact) mass is 327 g/mol. The van der Waals surface area contributed by atoms with Gasteiger partial charge in [0, 0.05) is 50.2 Å². The van der Waals surface area contributed by atoms with Crippen molar-refractivity contribution < 1.29 is 9.84 Å². The van der Waals surface area contributed by atoms with E-state index < -0.39 is 6.10 Å². The van der Waals surface area contributed by atoms with E-state index in [4.69, 9.17) is 10.5 Å². The van der Waals surface area contributed by atoms with E-state index in [0.29, 0.717) is 18.0 Å². The Hall–Kier alpha value is -2.24. The largest absolute Gasteiger partial charge is 0.491 e. The summed E-state index contributed by atoms with van der Waals surface area (Å²) < 4.78 is 5.61. The zero-order chi connectivity index (χ0) is 16.8. The molecule has 0 amide bonds. The molecule has 5 heteroatoms. The fraction of sp³-hybridized carbons (Fsp3) is 0.368. The van der Waals surface area contributed by atoms with Crippen LogP contribution in [0, 0.1) is 0 Å². The quantitative estimate of drug-likeness (QED) is 0.793. The fourth-order valence-electron chi connectivity index (χ4n) is 2.97. The number of anilines is 2. The minimum atomic E-state index is -0.505. The van der Waals surface area contributed by atoms with Gasteiger partial charge < -0.3 is 20.5 Å². The Bertz CT molecular complexity index is 628. The van der Waals surface area contributed by atoms with Crippen LogP contribution in [-0.4, -0.2) is 55.4 Å². The van der Waals surface area contributed by atoms with Crippen molar-refractivity contribution in [1.29, 1.82) is 0 Å². The Labute approximate surface area is 143 Å². The molecule has 0 aromatic heterocycles. The molecule has 0 spiro atoms. The van der Waals surface area contributed by atoms with Crippen LogP contribution in [0.15, 0.2) is 54.6 Å². The number of piperazine rings is 1. The molecule has 0 aliphatic carbocycles. The van der Waals surface area contributed by atoms with Crippen LogP contribution in [0.2, 0.25) is 0 Å². The number of hydrogen-bond acceptors (Lipinski definition) is 5. The van der Waals surface area contributed by atoms with Crippen molar-refractivity contribution >= 4 is 11.4 Å². The van der Waals surface area contributed by atoms with E-state index in [1.54, 1.807) is 6.07 Å². The zero-order valence-corrected chi connectivity index (χ0v) is 13.8. The number of benzene rings is 2. The van der Waals surface area contributed by atoms with Crippen molar-refractivity contribution in [3.63, 3.8) is 0 Å². The summed E-state index contributed by atoms with van der Waals surface area (Å²) in [4.78, 5) is 4.67. The van der Waals surface area contributed by atoms with E-state index in [-0.39, 0.29) is 6.61 Å². The summed E-state index contributed by atoms with van der Waals surface area (Å²) >= 11 is 0. The number of para-hydroxylation sites is 1. The van der Waals surface area contributed by atoms with Gasteiger partial charge in [0.25, 0.3) is 0 Å². The maximum absolute atomic E-state index is 10.2. The number of rotatable bonds is 6. The molecule has 0 radical (unpaired) electrons. The molecule has 128 valence electrons. The first-order chi connectivity index (χ1) is 11.7. The Morgan fingerprint density at radius 3 is 2.46 bits per heavy atom. The molecule has 0 unspecified atom stereocenters. The smallest absolute Gasteiger partial charge is 0.121 e. The lowest BCUT2D eigenvalue weighted by atomic mass is 10.2. The highest BCUT2D eigenvalue weighted by molar-refractivity contribution is 5.46. The first-order valence-corrected chi connectivity index (χ1v) is 8.39. The average Bonchev–Trinajstić information content (AvgIpc) is 2.61. The summed E-state index contributed by atoms with van der Waals surface area (Å²) in [6.07, 6.45) is -0.505. The third-order valence-corrected chi connectivity index (χ3v) is 4.26. The van der Waals surface area contributed by atoms with Crippen LogP contribution >= 0.6 is 0 Å². The summed E-state index contributed by atoms with van der Waals surface area (Å²) in [5.41, 5.74) is 7.65. The number of aliphatic hydroxyl groups is 1. The first kappa shape index (κ1) is 16.6. The predicted octanol–water partition coefficient (Wildman–Crippen LogP) is 1.83. The van der Waals surface area contributed by atoms with Gasteiger partial charge in [-0.15, -0.1) is 0 Å². The number of aliphatic hydroxyl groups excluding tert-OH is 1. The highest BCUT2D eigenvalue weighted by Gasteiger charge is 2.19. The van der Waals surface area contributed by atoms with Crippen molar-refractivity contribution in [3.05, 3.63) is 54.6 Å². The maximum atomic E-state index is 10.2. The molecule has 0 bridgehead atoms. The fourth-order valence-corrected chi connectivity index (χ4v) is 2.97. The number of nitrogens with two attached hydrogens (primary N) is 1. The van der Waals surface area contributed by atoms with E-state index >= 15 is 0 Å². The zero-order valence-electron chi connectivity index (χ0n) is 13.8. The van der Waals surface area contributed by atoms with E-state index in [0.717, 1.165) is 26.2 Å². The van der Waals surface area contributed by atoms with Crippen LogP contribution in [-0.2, 0) is 0 Å². The molecule has 5 nitrogen and oxygen atoms in total. The van der Waals surface area contributed by atoms with Gasteiger partial charge in [-0.3, -0.25) is 4.90 Å². The number of hydrogen-bond donors (Lipinski definition) is 2. The van der Waals surface area contributed by atoms with Gasteiger partial charge in [-0.1, -0.05) is 24.3 Å². The van der Waals surface area contributed by atoms with E-state index in [1.165, 1.54) is 5.69 Å². The molecule has 0 saturated carbocycles. The number of nitrogen functional groups attached to an aromatic ring is 1. The highest BCUT2D eigenvalue weighted by atomic mass is 16.5. The Balaban J connectivity index is 1.41. The van der Waals surface area contributed by atoms with Crippen LogP contribution in [0.3, 0.4) is 0 Å². The second kappa shape index (κ2) is 8.04. The molecule has 1 heterocycles. The van der Waals surface area contributed by atoms with Crippen LogP contribution in [0.25, 0.3) is 0 Å². The summed E-state index contributed by atoms with van der Waals surface area (Å²) in [5, 5.41) is 10.2. The van der Waals surface area contributed by atoms with Gasteiger partial charge in [0.15, 0.2) is 0 Å². The third-order valence-electron chi connectivity index (χ3n) is 4.26. The van der Waals surface area contributed by atoms with Gasteiger partial charge >= 0.3 is 0 Å². The first-order valence-electron chi connectivity index (χ1n) is 8.39. The molecule has 24 heavy (non-hydrogen) atoms. The van der Waals surface area contributed by atoms with Crippen LogP contribution in [0.1, 0.15) is 0 Å². The normalized spacial score (nSPS) is 16.8. The SMILES string of the molecule is Nc1cccc(OC[C@@H](O)CN2CCN(c3ccccc3)CC2)c1. The minimum absolute atomic E-state index is 0.280. The van der Waals surface area contributed by atoms with Crippen molar-refractivity contribution in [2.75, 3.05) is 50.0 Å². The summed E-state index contributed by atoms with van der Waals surface area (Å²) in [6, 6.07) is 17.7. The molecular weight excluding hydrogens is 302 g/mol. The number of ether oxygens (including phenoxy) is 1. The average molecular weight is 327 g/mol. The van der Waals surface area contributed by atoms with Gasteiger partial charge in [0.1, 0.15) is 18.5 Å². The molecular formula is C19H25N3O2. The summed E-state index contributed by atoms with van der Waals surface area (Å²) in [5.74, 6) is 0.697. The molecule has 2 aromatic rings. The second-order valence-corrected chi connectivity index (χ2v) is 6.16. The number of β-amino-alcohol motifs (C(OH)–C–C–N with tert-alkyl or cyclic N) is 1. The Morgan fingerprint density at radius 1 is 1.00 bits per heavy atom. The number of nitrogens with zero attached hydrogens (tertiary/aromatic N) is 2. The molecule has 1 atom stereocenters. The van der Waals surface area contributed by atoms with Crippen molar-refractivity contribution in [2.45, 2.75) is 6.10 Å². The van der Waals surface area contributed by atoms with Crippen molar-refractivity contribution in [2.24, 2.45) is 0 Å². The Morgan fingerprint density at radius 2 is 1.75 bits per heavy atom. The lowest BCUT2D eigenvalue weighted by Gasteiger charge is -2.36. The molecule has 2 aromatic carbocycles. The van der Waals surface area contributed by atoms with E-state index in [2.05, 4.69) is 34.1 Å². The topological polar surface area (TPSA) is 62.0 Å². The second-order valence-electron chi connectivity index (χ2n) is 6.16. The predicted molar refractivity (Wildman–Crippen MR) is 97.5 cm³/mol. The van der Waals surface area contributed by atoms with Crippen LogP contribution in [0.4, 0.5) is 11.4 Å². The summed E-state index contributed by atoms with van der Waals surface area (Å²) in [7, 11) is 0. The van der Waals surface area contributed by atoms with Crippen LogP contribution in [0.5, 0.6) is 5.75 Å². The van der Waals surface area contributed by atoms with E-state index in [1.807, 2.05) is 24.3 Å². The van der Waals surface area contributed by atoms with Crippen molar-refractivity contribution in [1.82, 2.24) is 4.90 Å². The van der Waals surface area contributed by atoms with Gasteiger partial charge in [0.05, 0.1) is 0 Å². The Kier molecular flexibility index (Phi) is 5.56. The summed E-state index contributed by atoms with van der Waals surface area (Å²) in [6.45, 7) is 4.77. The standard InChI is InChI=1S/C19H25N3O2/c20-16-5-4-8-19(13-16)24-15-18(23)14-21-9-11-22(12-10-21)17-6-2-1-3-7-17/h1-8,13,18,23H,9-12,14-15,20H2/t18-/m0/s1. The highest BCUT2D eigenvalue weighted by Crippen LogP contribution is 2.16. The molecule has 3 N–H and O–H groups in total. The minimum Gasteiger partial charge on any atom is -0.491 e. The van der Waals surface area contributed by atoms with Gasteiger partial charge in [0.2, 0.25) is 0 Å². The van der Waals surface area contributed by atoms with E-state index in [9.17, 15) is 5.11 Å². The van der Waals surface area contributed by atoms with Gasteiger partial charge in [-0.2, -0.15) is 0 Å². The molecule has 3 rings (SSSR count). The van der Waals surface area contributed by atoms with Gasteiger partial charge in [-0.25, -0.2) is 0 Å². The molecule has 1 aliphatic heterocycles. The molecule has 1 fully saturated rings. The van der Waals surface area contributed by atoms with Crippen LogP contribution < -0.4 is 15.4 Å². The maximum Gasteiger partial charge on any atom is 0.121 e. The third kappa shape index (κ3) is 4.63.